The van der Waals surface area contributed by atoms with Crippen molar-refractivity contribution >= 4 is 5.91 Å². The van der Waals surface area contributed by atoms with Gasteiger partial charge in [0.15, 0.2) is 0 Å². The van der Waals surface area contributed by atoms with Gasteiger partial charge in [-0.1, -0.05) is 12.1 Å². The number of methoxy groups -OCH3 is 1. The van der Waals surface area contributed by atoms with E-state index in [0.29, 0.717) is 18.8 Å². The number of nitrogens with two attached hydrogens (primary N) is 1. The highest BCUT2D eigenvalue weighted by atomic mass is 16.5. The largest absolute Gasteiger partial charge is 0.497 e. The molecule has 0 saturated heterocycles. The van der Waals surface area contributed by atoms with Crippen molar-refractivity contribution < 1.29 is 14.3 Å². The van der Waals surface area contributed by atoms with Crippen molar-refractivity contribution in [3.05, 3.63) is 59.4 Å². The van der Waals surface area contributed by atoms with Crippen LogP contribution in [0.15, 0.2) is 42.6 Å². The van der Waals surface area contributed by atoms with Gasteiger partial charge < -0.3 is 9.47 Å². The lowest BCUT2D eigenvalue weighted by atomic mass is 10.2. The zero-order chi connectivity index (χ0) is 15.1. The summed E-state index contributed by atoms with van der Waals surface area (Å²) < 4.78 is 10.7. The first-order chi connectivity index (χ1) is 10.2. The fraction of sp³-hybridized carbons (Fsp3) is 0.200. The van der Waals surface area contributed by atoms with Crippen molar-refractivity contribution in [2.45, 2.75) is 13.2 Å². The van der Waals surface area contributed by atoms with Gasteiger partial charge in [0.2, 0.25) is 0 Å². The average Bonchev–Trinajstić information content (AvgIpc) is 2.55. The molecule has 0 aliphatic carbocycles. The van der Waals surface area contributed by atoms with Crippen LogP contribution >= 0.6 is 0 Å². The molecule has 1 aromatic carbocycles. The van der Waals surface area contributed by atoms with Crippen LogP contribution in [0.2, 0.25) is 0 Å². The average molecular weight is 287 g/mol. The van der Waals surface area contributed by atoms with Crippen LogP contribution in [0, 0.1) is 0 Å². The first-order valence-corrected chi connectivity index (χ1v) is 6.39. The lowest BCUT2D eigenvalue weighted by Gasteiger charge is -2.06. The Labute approximate surface area is 122 Å². The number of nitrogens with zero attached hydrogens (tertiary/aromatic N) is 1. The second-order valence-electron chi connectivity index (χ2n) is 4.36. The highest BCUT2D eigenvalue weighted by Crippen LogP contribution is 2.13. The maximum Gasteiger partial charge on any atom is 0.266 e. The van der Waals surface area contributed by atoms with E-state index in [1.807, 2.05) is 24.3 Å². The van der Waals surface area contributed by atoms with Gasteiger partial charge in [0.05, 0.1) is 31.6 Å². The number of benzene rings is 1. The quantitative estimate of drug-likeness (QED) is 0.476. The number of hydrazine groups is 1. The summed E-state index contributed by atoms with van der Waals surface area (Å²) >= 11 is 0. The third-order valence-electron chi connectivity index (χ3n) is 2.87. The molecule has 2 aromatic rings. The predicted molar refractivity (Wildman–Crippen MR) is 77.4 cm³/mol. The standard InChI is InChI=1S/C15H17N3O3/c1-20-14-4-2-3-11(7-14)9-21-10-13-6-5-12(8-17-13)15(19)18-16/h2-8H,9-10,16H2,1H3,(H,18,19). The van der Waals surface area contributed by atoms with Gasteiger partial charge in [-0.25, -0.2) is 5.84 Å². The molecule has 0 radical (unpaired) electrons. The van der Waals surface area contributed by atoms with E-state index in [1.165, 1.54) is 6.20 Å². The Kier molecular flexibility index (Phi) is 5.25. The summed E-state index contributed by atoms with van der Waals surface area (Å²) in [5, 5.41) is 0. The molecular weight excluding hydrogens is 270 g/mol. The molecule has 0 fully saturated rings. The molecule has 1 aromatic heterocycles. The topological polar surface area (TPSA) is 86.5 Å². The van der Waals surface area contributed by atoms with Crippen LogP contribution in [0.5, 0.6) is 5.75 Å². The van der Waals surface area contributed by atoms with Gasteiger partial charge in [-0.2, -0.15) is 0 Å². The predicted octanol–water partition coefficient (Wildman–Crippen LogP) is 1.41. The van der Waals surface area contributed by atoms with Crippen LogP contribution in [-0.4, -0.2) is 18.0 Å². The number of rotatable bonds is 6. The number of hydrogen-bond donors (Lipinski definition) is 2. The first kappa shape index (κ1) is 15.0. The number of nitrogens with one attached hydrogen (secondary N) is 1. The Balaban J connectivity index is 1.87. The number of carbonyl (C=O) groups excluding carboxylic acids is 1. The summed E-state index contributed by atoms with van der Waals surface area (Å²) in [6, 6.07) is 11.1. The highest BCUT2D eigenvalue weighted by Gasteiger charge is 2.04. The third-order valence-corrected chi connectivity index (χ3v) is 2.87. The van der Waals surface area contributed by atoms with Crippen molar-refractivity contribution in [3.8, 4) is 5.75 Å². The maximum absolute atomic E-state index is 11.3. The number of aromatic nitrogens is 1. The van der Waals surface area contributed by atoms with Crippen molar-refractivity contribution in [2.75, 3.05) is 7.11 Å². The van der Waals surface area contributed by atoms with Crippen molar-refractivity contribution in [3.63, 3.8) is 0 Å². The van der Waals surface area contributed by atoms with Crippen LogP contribution < -0.4 is 16.0 Å². The van der Waals surface area contributed by atoms with Crippen molar-refractivity contribution in [1.29, 1.82) is 0 Å². The monoisotopic (exact) mass is 287 g/mol. The Hall–Kier alpha value is -2.44. The minimum atomic E-state index is -0.369. The highest BCUT2D eigenvalue weighted by molar-refractivity contribution is 5.93. The van der Waals surface area contributed by atoms with Gasteiger partial charge in [0, 0.05) is 6.20 Å². The van der Waals surface area contributed by atoms with E-state index in [-0.39, 0.29) is 5.91 Å². The summed E-state index contributed by atoms with van der Waals surface area (Å²) in [6.07, 6.45) is 1.46. The molecule has 0 spiro atoms. The molecule has 0 atom stereocenters. The van der Waals surface area contributed by atoms with Gasteiger partial charge in [-0.15, -0.1) is 0 Å². The zero-order valence-electron chi connectivity index (χ0n) is 11.7. The molecule has 2 rings (SSSR count). The second kappa shape index (κ2) is 7.37. The lowest BCUT2D eigenvalue weighted by Crippen LogP contribution is -2.30. The molecule has 21 heavy (non-hydrogen) atoms. The second-order valence-corrected chi connectivity index (χ2v) is 4.36. The molecule has 0 bridgehead atoms. The molecule has 110 valence electrons. The number of ether oxygens (including phenoxy) is 2. The molecule has 0 aliphatic heterocycles. The van der Waals surface area contributed by atoms with Crippen molar-refractivity contribution in [1.82, 2.24) is 10.4 Å². The summed E-state index contributed by atoms with van der Waals surface area (Å²) in [6.45, 7) is 0.825. The van der Waals surface area contributed by atoms with Gasteiger partial charge >= 0.3 is 0 Å². The molecule has 6 heteroatoms. The van der Waals surface area contributed by atoms with E-state index >= 15 is 0 Å². The van der Waals surface area contributed by atoms with Gasteiger partial charge in [0.1, 0.15) is 5.75 Å². The summed E-state index contributed by atoms with van der Waals surface area (Å²) in [4.78, 5) is 15.4. The van der Waals surface area contributed by atoms with Crippen LogP contribution in [0.25, 0.3) is 0 Å². The van der Waals surface area contributed by atoms with E-state index in [2.05, 4.69) is 10.4 Å². The number of amides is 1. The van der Waals surface area contributed by atoms with E-state index in [4.69, 9.17) is 15.3 Å². The summed E-state index contributed by atoms with van der Waals surface area (Å²) in [5.74, 6) is 5.48. The number of carbonyl (C=O) groups is 1. The smallest absolute Gasteiger partial charge is 0.266 e. The first-order valence-electron chi connectivity index (χ1n) is 6.39. The fourth-order valence-electron chi connectivity index (χ4n) is 1.76. The number of pyridine rings is 1. The van der Waals surface area contributed by atoms with E-state index < -0.39 is 0 Å². The zero-order valence-corrected chi connectivity index (χ0v) is 11.7. The molecule has 0 aliphatic rings. The Morgan fingerprint density at radius 2 is 2.14 bits per heavy atom. The maximum atomic E-state index is 11.3. The SMILES string of the molecule is COc1cccc(COCc2ccc(C(=O)NN)cn2)c1. The summed E-state index contributed by atoms with van der Waals surface area (Å²) in [5.41, 5.74) is 4.23. The molecule has 0 saturated carbocycles. The van der Waals surface area contributed by atoms with Crippen LogP contribution in [0.1, 0.15) is 21.6 Å². The Morgan fingerprint density at radius 3 is 2.81 bits per heavy atom. The van der Waals surface area contributed by atoms with Gasteiger partial charge in [-0.3, -0.25) is 15.2 Å². The fourth-order valence-corrected chi connectivity index (χ4v) is 1.76. The van der Waals surface area contributed by atoms with Crippen LogP contribution in [-0.2, 0) is 18.0 Å². The molecule has 1 amide bonds. The Bertz CT molecular complexity index is 599. The summed E-state index contributed by atoms with van der Waals surface area (Å²) in [7, 11) is 1.63. The minimum absolute atomic E-state index is 0.363. The van der Waals surface area contributed by atoms with Gasteiger partial charge in [0.25, 0.3) is 5.91 Å². The number of hydrogen-bond acceptors (Lipinski definition) is 5. The van der Waals surface area contributed by atoms with Crippen LogP contribution in [0.3, 0.4) is 0 Å². The van der Waals surface area contributed by atoms with Crippen LogP contribution in [0.4, 0.5) is 0 Å². The lowest BCUT2D eigenvalue weighted by molar-refractivity contribution is 0.0951. The number of nitrogen functional groups attached to an aromatic ring is 1. The third kappa shape index (κ3) is 4.27. The molecular formula is C15H17N3O3. The minimum Gasteiger partial charge on any atom is -0.497 e. The molecule has 3 N–H and O–H groups in total. The molecule has 6 nitrogen and oxygen atoms in total. The Morgan fingerprint density at radius 1 is 1.29 bits per heavy atom. The van der Waals surface area contributed by atoms with Gasteiger partial charge in [-0.05, 0) is 29.8 Å². The molecule has 0 unspecified atom stereocenters. The van der Waals surface area contributed by atoms with E-state index in [1.54, 1.807) is 19.2 Å². The normalized spacial score (nSPS) is 10.2. The molecule has 1 heterocycles. The van der Waals surface area contributed by atoms with E-state index in [9.17, 15) is 4.79 Å². The van der Waals surface area contributed by atoms with Crippen molar-refractivity contribution in [2.24, 2.45) is 5.84 Å². The van der Waals surface area contributed by atoms with E-state index in [0.717, 1.165) is 17.0 Å².